The van der Waals surface area contributed by atoms with Crippen molar-refractivity contribution in [3.05, 3.63) is 147 Å². The molecule has 6 rings (SSSR count). The van der Waals surface area contributed by atoms with Crippen molar-refractivity contribution in [2.24, 2.45) is 4.99 Å². The van der Waals surface area contributed by atoms with Crippen molar-refractivity contribution >= 4 is 58.3 Å². The molecular formula is C34H27N5O6S3. The van der Waals surface area contributed by atoms with Crippen LogP contribution in [0.5, 0.6) is 0 Å². The Hall–Kier alpha value is -5.05. The maximum Gasteiger partial charge on any atom is 0.338 e. The van der Waals surface area contributed by atoms with E-state index in [-0.39, 0.29) is 38.0 Å². The summed E-state index contributed by atoms with van der Waals surface area (Å²) in [5.41, 5.74) is 1.94. The first-order valence-corrected chi connectivity index (χ1v) is 17.5. The summed E-state index contributed by atoms with van der Waals surface area (Å²) in [5, 5.41) is 12.3. The molecule has 1 aliphatic rings. The highest BCUT2D eigenvalue weighted by molar-refractivity contribution is 7.99. The average molecular weight is 698 g/mol. The molecule has 1 aliphatic heterocycles. The molecule has 2 aromatic heterocycles. The molecule has 0 fully saturated rings. The van der Waals surface area contributed by atoms with Gasteiger partial charge < -0.3 is 9.72 Å². The van der Waals surface area contributed by atoms with E-state index in [1.165, 1.54) is 16.7 Å². The third-order valence-electron chi connectivity index (χ3n) is 7.34. The number of thioether (sulfide) groups is 1. The van der Waals surface area contributed by atoms with Crippen LogP contribution in [0, 0.1) is 17.0 Å². The first-order chi connectivity index (χ1) is 23.2. The lowest BCUT2D eigenvalue weighted by Gasteiger charge is -2.26. The van der Waals surface area contributed by atoms with Crippen LogP contribution in [0.15, 0.2) is 114 Å². The molecule has 3 heterocycles. The third-order valence-corrected chi connectivity index (χ3v) is 10.0. The molecule has 11 nitrogen and oxygen atoms in total. The van der Waals surface area contributed by atoms with Crippen molar-refractivity contribution in [1.82, 2.24) is 14.5 Å². The van der Waals surface area contributed by atoms with E-state index in [0.717, 1.165) is 28.0 Å². The second kappa shape index (κ2) is 14.0. The van der Waals surface area contributed by atoms with Gasteiger partial charge in [-0.3, -0.25) is 24.3 Å². The molecule has 0 saturated carbocycles. The monoisotopic (exact) mass is 697 g/mol. The van der Waals surface area contributed by atoms with Crippen molar-refractivity contribution in [3.63, 3.8) is 0 Å². The zero-order chi connectivity index (χ0) is 33.9. The van der Waals surface area contributed by atoms with Gasteiger partial charge in [-0.25, -0.2) is 14.8 Å². The number of thiazole rings is 1. The Morgan fingerprint density at radius 2 is 1.85 bits per heavy atom. The largest absolute Gasteiger partial charge is 0.463 e. The van der Waals surface area contributed by atoms with Crippen molar-refractivity contribution in [3.8, 4) is 0 Å². The summed E-state index contributed by atoms with van der Waals surface area (Å²) in [6.45, 7) is 3.52. The number of hydrogen-bond acceptors (Lipinski definition) is 11. The molecule has 0 radical (unpaired) electrons. The van der Waals surface area contributed by atoms with Crippen LogP contribution in [0.4, 0.5) is 5.69 Å². The minimum Gasteiger partial charge on any atom is -0.463 e. The number of H-pyrrole nitrogens is 1. The lowest BCUT2D eigenvalue weighted by atomic mass is 9.93. The molecule has 1 N–H and O–H groups in total. The number of carbonyl (C=O) groups is 1. The zero-order valence-corrected chi connectivity index (χ0v) is 28.3. The first-order valence-electron chi connectivity index (χ1n) is 14.6. The van der Waals surface area contributed by atoms with Crippen LogP contribution < -0.4 is 20.5 Å². The topological polar surface area (TPSA) is 150 Å². The summed E-state index contributed by atoms with van der Waals surface area (Å²) in [6, 6.07) is 22.0. The minimum absolute atomic E-state index is 0.135. The Bertz CT molecular complexity index is 2330. The van der Waals surface area contributed by atoms with E-state index in [9.17, 15) is 24.5 Å². The molecule has 0 spiro atoms. The highest BCUT2D eigenvalue weighted by Crippen LogP contribution is 2.36. The van der Waals surface area contributed by atoms with E-state index in [4.69, 9.17) is 9.73 Å². The van der Waals surface area contributed by atoms with Crippen LogP contribution in [0.2, 0.25) is 0 Å². The highest BCUT2D eigenvalue weighted by Gasteiger charge is 2.35. The maximum atomic E-state index is 14.2. The number of carbonyl (C=O) groups excluding carboxylic acids is 1. The molecule has 1 atom stereocenters. The molecule has 48 heavy (non-hydrogen) atoms. The van der Waals surface area contributed by atoms with E-state index < -0.39 is 22.5 Å². The number of nitro groups is 1. The van der Waals surface area contributed by atoms with Gasteiger partial charge in [-0.15, -0.1) is 11.8 Å². The van der Waals surface area contributed by atoms with Gasteiger partial charge in [0.15, 0.2) is 9.96 Å². The number of ether oxygens (including phenoxy) is 1. The quantitative estimate of drug-likeness (QED) is 0.0729. The molecule has 0 saturated heterocycles. The number of fused-ring (bicyclic) bond motifs is 1. The Kier molecular flexibility index (Phi) is 9.57. The van der Waals surface area contributed by atoms with Gasteiger partial charge in [0.05, 0.1) is 38.3 Å². The van der Waals surface area contributed by atoms with Crippen molar-refractivity contribution in [1.29, 1.82) is 0 Å². The highest BCUT2D eigenvalue weighted by atomic mass is 32.2. The van der Waals surface area contributed by atoms with Gasteiger partial charge in [-0.05, 0) is 67.3 Å². The molecule has 242 valence electrons. The summed E-state index contributed by atoms with van der Waals surface area (Å²) < 4.78 is 7.28. The Morgan fingerprint density at radius 3 is 2.52 bits per heavy atom. The van der Waals surface area contributed by atoms with Gasteiger partial charge >= 0.3 is 5.97 Å². The molecule has 0 unspecified atom stereocenters. The summed E-state index contributed by atoms with van der Waals surface area (Å²) in [7, 11) is 0. The van der Waals surface area contributed by atoms with E-state index in [1.807, 2.05) is 60.9 Å². The second-order valence-corrected chi connectivity index (χ2v) is 13.4. The lowest BCUT2D eigenvalue weighted by Crippen LogP contribution is -2.40. The van der Waals surface area contributed by atoms with Crippen LogP contribution in [-0.4, -0.2) is 38.3 Å². The summed E-state index contributed by atoms with van der Waals surface area (Å²) in [5.74, 6) is -0.582. The smallest absolute Gasteiger partial charge is 0.338 e. The minimum atomic E-state index is -0.842. The number of esters is 1. The van der Waals surface area contributed by atoms with E-state index in [2.05, 4.69) is 9.97 Å². The predicted octanol–water partition coefficient (Wildman–Crippen LogP) is 5.11. The van der Waals surface area contributed by atoms with Crippen LogP contribution in [0.25, 0.3) is 11.8 Å². The second-order valence-electron chi connectivity index (χ2n) is 10.5. The van der Waals surface area contributed by atoms with Gasteiger partial charge in [0, 0.05) is 28.3 Å². The Morgan fingerprint density at radius 1 is 1.10 bits per heavy atom. The van der Waals surface area contributed by atoms with E-state index in [0.29, 0.717) is 32.9 Å². The summed E-state index contributed by atoms with van der Waals surface area (Å²) >= 11 is 3.67. The van der Waals surface area contributed by atoms with Gasteiger partial charge in [0.25, 0.3) is 16.8 Å². The van der Waals surface area contributed by atoms with Crippen LogP contribution in [-0.2, 0) is 9.53 Å². The van der Waals surface area contributed by atoms with Crippen molar-refractivity contribution in [2.45, 2.75) is 34.8 Å². The van der Waals surface area contributed by atoms with Crippen LogP contribution in [0.1, 0.15) is 35.3 Å². The number of hydrogen-bond donors (Lipinski definition) is 1. The number of nitrogens with one attached hydrogen (secondary N) is 1. The van der Waals surface area contributed by atoms with Crippen LogP contribution >= 0.6 is 34.9 Å². The molecule has 0 aliphatic carbocycles. The molecule has 14 heteroatoms. The number of aromatic amines is 1. The Labute approximate surface area is 285 Å². The van der Waals surface area contributed by atoms with Gasteiger partial charge in [-0.1, -0.05) is 59.9 Å². The maximum absolute atomic E-state index is 14.2. The molecule has 0 bridgehead atoms. The molecule has 5 aromatic rings. The SMILES string of the molecule is CCOC(=O)C1=C(c2ccccc2)N=c2s/c(=C/c3ccc(Sc4nc(C)cc(=O)[nH]4)c([N+](=O)[O-])c3)c(=O)n2[C@@H]1c1ccc(SC)cc1. The number of nitro benzene ring substituents is 1. The average Bonchev–Trinajstić information content (AvgIpc) is 3.38. The van der Waals surface area contributed by atoms with Gasteiger partial charge in [0.2, 0.25) is 0 Å². The fourth-order valence-corrected chi connectivity index (χ4v) is 7.58. The predicted molar refractivity (Wildman–Crippen MR) is 186 cm³/mol. The van der Waals surface area contributed by atoms with Crippen LogP contribution in [0.3, 0.4) is 0 Å². The number of aromatic nitrogens is 3. The molecular weight excluding hydrogens is 671 g/mol. The normalized spacial score (nSPS) is 14.4. The fraction of sp³-hybridized carbons (Fsp3) is 0.147. The van der Waals surface area contributed by atoms with Crippen molar-refractivity contribution < 1.29 is 14.5 Å². The van der Waals surface area contributed by atoms with E-state index >= 15 is 0 Å². The molecule has 3 aromatic carbocycles. The van der Waals surface area contributed by atoms with E-state index in [1.54, 1.807) is 43.8 Å². The van der Waals surface area contributed by atoms with Gasteiger partial charge in [-0.2, -0.15) is 0 Å². The van der Waals surface area contributed by atoms with Crippen molar-refractivity contribution in [2.75, 3.05) is 12.9 Å². The first kappa shape index (κ1) is 32.9. The van der Waals surface area contributed by atoms with Gasteiger partial charge in [0.1, 0.15) is 0 Å². The fourth-order valence-electron chi connectivity index (χ4n) is 5.25. The number of benzene rings is 3. The summed E-state index contributed by atoms with van der Waals surface area (Å²) in [6.07, 6.45) is 3.54. The summed E-state index contributed by atoms with van der Waals surface area (Å²) in [4.78, 5) is 64.7. The number of nitrogens with zero attached hydrogens (tertiary/aromatic N) is 4. The number of aryl methyl sites for hydroxylation is 1. The number of rotatable bonds is 9. The standard InChI is InChI=1S/C34H27N5O6S3/c1-4-45-32(42)28-29(21-8-6-5-7-9-21)37-34-38(30(28)22-11-13-23(46-3)14-12-22)31(41)26(48-34)18-20-10-15-25(24(17-20)39(43)44)47-33-35-19(2)16-27(40)36-33/h5-18,30H,4H2,1-3H3,(H,35,36,40)/b26-18+/t30-/m1/s1. The molecule has 0 amide bonds. The third kappa shape index (κ3) is 6.68. The lowest BCUT2D eigenvalue weighted by molar-refractivity contribution is -0.387. The Balaban J connectivity index is 1.53. The zero-order valence-electron chi connectivity index (χ0n) is 25.8.